The van der Waals surface area contributed by atoms with Crippen molar-refractivity contribution in [3.05, 3.63) is 94.0 Å². The van der Waals surface area contributed by atoms with E-state index in [1.165, 1.54) is 44.8 Å². The van der Waals surface area contributed by atoms with Gasteiger partial charge in [0.15, 0.2) is 0 Å². The quantitative estimate of drug-likeness (QED) is 0.650. The Balaban J connectivity index is 1.23. The SMILES string of the molecule is [O-][S+]1Cc2ccc(N3Cc4ccc(C5Cc6ccccc6N5)cc4C3)cc2C1. The third kappa shape index (κ3) is 2.71. The minimum absolute atomic E-state index is 0.367. The number of nitrogens with one attached hydrogen (secondary N) is 1. The van der Waals surface area contributed by atoms with Crippen molar-refractivity contribution in [2.24, 2.45) is 0 Å². The van der Waals surface area contributed by atoms with Crippen LogP contribution in [0.15, 0.2) is 60.7 Å². The van der Waals surface area contributed by atoms with Gasteiger partial charge in [0.1, 0.15) is 11.5 Å². The number of para-hydroxylation sites is 1. The highest BCUT2D eigenvalue weighted by Crippen LogP contribution is 2.37. The molecule has 0 saturated heterocycles. The summed E-state index contributed by atoms with van der Waals surface area (Å²) in [4.78, 5) is 2.44. The van der Waals surface area contributed by atoms with E-state index in [4.69, 9.17) is 0 Å². The van der Waals surface area contributed by atoms with Crippen LogP contribution in [0.3, 0.4) is 0 Å². The van der Waals surface area contributed by atoms with Crippen molar-refractivity contribution >= 4 is 22.6 Å². The Hall–Kier alpha value is -2.43. The van der Waals surface area contributed by atoms with E-state index in [-0.39, 0.29) is 0 Å². The predicted octanol–water partition coefficient (Wildman–Crippen LogP) is 4.68. The summed E-state index contributed by atoms with van der Waals surface area (Å²) in [5.41, 5.74) is 10.7. The second-order valence-corrected chi connectivity index (χ2v) is 9.58. The van der Waals surface area contributed by atoms with E-state index >= 15 is 0 Å². The molecular formula is C24H22N2OS. The molecule has 0 amide bonds. The number of hydrogen-bond donors (Lipinski definition) is 1. The second kappa shape index (κ2) is 6.29. The summed E-state index contributed by atoms with van der Waals surface area (Å²) in [6.07, 6.45) is 1.06. The molecule has 1 N–H and O–H groups in total. The molecule has 0 spiro atoms. The van der Waals surface area contributed by atoms with Crippen LogP contribution in [0.1, 0.15) is 39.4 Å². The monoisotopic (exact) mass is 386 g/mol. The topological polar surface area (TPSA) is 38.3 Å². The lowest BCUT2D eigenvalue weighted by atomic mass is 9.99. The van der Waals surface area contributed by atoms with Crippen LogP contribution in [0.5, 0.6) is 0 Å². The minimum Gasteiger partial charge on any atom is -0.616 e. The van der Waals surface area contributed by atoms with E-state index in [2.05, 4.69) is 70.9 Å². The second-order valence-electron chi connectivity index (χ2n) is 8.12. The molecule has 0 fully saturated rings. The molecule has 3 aliphatic heterocycles. The Morgan fingerprint density at radius 2 is 1.64 bits per heavy atom. The minimum atomic E-state index is -0.716. The van der Waals surface area contributed by atoms with Gasteiger partial charge in [0, 0.05) is 35.6 Å². The number of anilines is 2. The Labute approximate surface area is 168 Å². The van der Waals surface area contributed by atoms with E-state index in [1.54, 1.807) is 0 Å². The number of rotatable bonds is 2. The number of fused-ring (bicyclic) bond motifs is 3. The lowest BCUT2D eigenvalue weighted by molar-refractivity contribution is 0.597. The summed E-state index contributed by atoms with van der Waals surface area (Å²) in [5, 5.41) is 3.67. The molecular weight excluding hydrogens is 364 g/mol. The van der Waals surface area contributed by atoms with Crippen LogP contribution in [0, 0.1) is 0 Å². The van der Waals surface area contributed by atoms with Crippen molar-refractivity contribution in [2.45, 2.75) is 37.1 Å². The fraction of sp³-hybridized carbons (Fsp3) is 0.250. The Kier molecular flexibility index (Phi) is 3.71. The van der Waals surface area contributed by atoms with E-state index in [0.29, 0.717) is 11.8 Å². The van der Waals surface area contributed by atoms with Crippen LogP contribution in [0.4, 0.5) is 11.4 Å². The van der Waals surface area contributed by atoms with E-state index in [0.717, 1.165) is 25.3 Å². The van der Waals surface area contributed by atoms with Gasteiger partial charge in [-0.3, -0.25) is 0 Å². The summed E-state index contributed by atoms with van der Waals surface area (Å²) in [5.74, 6) is 1.43. The van der Waals surface area contributed by atoms with Crippen LogP contribution in [0.2, 0.25) is 0 Å². The van der Waals surface area contributed by atoms with Gasteiger partial charge in [0.05, 0.1) is 6.04 Å². The molecule has 140 valence electrons. The zero-order valence-corrected chi connectivity index (χ0v) is 16.5. The first kappa shape index (κ1) is 16.5. The molecule has 3 heterocycles. The van der Waals surface area contributed by atoms with Crippen LogP contribution < -0.4 is 10.2 Å². The van der Waals surface area contributed by atoms with Gasteiger partial charge in [0.2, 0.25) is 0 Å². The highest BCUT2D eigenvalue weighted by Gasteiger charge is 2.27. The summed E-state index contributed by atoms with van der Waals surface area (Å²) in [6.45, 7) is 1.90. The van der Waals surface area contributed by atoms with Crippen molar-refractivity contribution in [2.75, 3.05) is 10.2 Å². The first-order chi connectivity index (χ1) is 13.7. The molecule has 2 unspecified atom stereocenters. The molecule has 0 radical (unpaired) electrons. The van der Waals surface area contributed by atoms with Crippen LogP contribution in [-0.4, -0.2) is 4.55 Å². The van der Waals surface area contributed by atoms with Crippen molar-refractivity contribution in [3.63, 3.8) is 0 Å². The molecule has 3 aromatic carbocycles. The fourth-order valence-electron chi connectivity index (χ4n) is 4.79. The van der Waals surface area contributed by atoms with Crippen molar-refractivity contribution in [1.29, 1.82) is 0 Å². The van der Waals surface area contributed by atoms with Crippen LogP contribution in [0.25, 0.3) is 0 Å². The van der Waals surface area contributed by atoms with Gasteiger partial charge in [-0.15, -0.1) is 0 Å². The first-order valence-electron chi connectivity index (χ1n) is 9.91. The van der Waals surface area contributed by atoms with Gasteiger partial charge in [0.25, 0.3) is 0 Å². The highest BCUT2D eigenvalue weighted by atomic mass is 32.2. The van der Waals surface area contributed by atoms with E-state index < -0.39 is 11.2 Å². The lowest BCUT2D eigenvalue weighted by Crippen LogP contribution is -2.14. The number of hydrogen-bond acceptors (Lipinski definition) is 3. The zero-order chi connectivity index (χ0) is 18.7. The fourth-order valence-corrected chi connectivity index (χ4v) is 6.14. The molecule has 3 aromatic rings. The zero-order valence-electron chi connectivity index (χ0n) is 15.7. The summed E-state index contributed by atoms with van der Waals surface area (Å²) >= 11 is -0.716. The number of benzene rings is 3. The summed E-state index contributed by atoms with van der Waals surface area (Å²) < 4.78 is 11.8. The molecule has 3 aliphatic rings. The normalized spacial score (nSPS) is 22.0. The Bertz CT molecular complexity index is 1050. The molecule has 28 heavy (non-hydrogen) atoms. The van der Waals surface area contributed by atoms with E-state index in [9.17, 15) is 4.55 Å². The van der Waals surface area contributed by atoms with Gasteiger partial charge in [-0.05, 0) is 58.0 Å². The highest BCUT2D eigenvalue weighted by molar-refractivity contribution is 7.90. The third-order valence-electron chi connectivity index (χ3n) is 6.31. The van der Waals surface area contributed by atoms with Crippen molar-refractivity contribution < 1.29 is 4.55 Å². The van der Waals surface area contributed by atoms with E-state index in [1.807, 2.05) is 0 Å². The summed E-state index contributed by atoms with van der Waals surface area (Å²) in [6, 6.07) is 22.6. The molecule has 0 bridgehead atoms. The Morgan fingerprint density at radius 1 is 0.821 bits per heavy atom. The molecule has 0 aromatic heterocycles. The maximum Gasteiger partial charge on any atom is 0.131 e. The molecule has 6 rings (SSSR count). The largest absolute Gasteiger partial charge is 0.616 e. The average Bonchev–Trinajstić information content (AvgIpc) is 3.41. The van der Waals surface area contributed by atoms with Crippen LogP contribution >= 0.6 is 0 Å². The third-order valence-corrected chi connectivity index (χ3v) is 7.58. The maximum absolute atomic E-state index is 11.8. The van der Waals surface area contributed by atoms with Gasteiger partial charge in [-0.25, -0.2) is 0 Å². The molecule has 0 aliphatic carbocycles. The molecule has 0 saturated carbocycles. The summed E-state index contributed by atoms with van der Waals surface area (Å²) in [7, 11) is 0. The molecule has 2 atom stereocenters. The average molecular weight is 387 g/mol. The maximum atomic E-state index is 11.8. The van der Waals surface area contributed by atoms with Gasteiger partial charge < -0.3 is 14.8 Å². The lowest BCUT2D eigenvalue weighted by Gasteiger charge is -2.18. The number of nitrogens with zero attached hydrogens (tertiary/aromatic N) is 1. The predicted molar refractivity (Wildman–Crippen MR) is 115 cm³/mol. The molecule has 4 heteroatoms. The Morgan fingerprint density at radius 3 is 2.57 bits per heavy atom. The van der Waals surface area contributed by atoms with Crippen molar-refractivity contribution in [3.8, 4) is 0 Å². The smallest absolute Gasteiger partial charge is 0.131 e. The van der Waals surface area contributed by atoms with Crippen LogP contribution in [-0.2, 0) is 42.2 Å². The van der Waals surface area contributed by atoms with Crippen molar-refractivity contribution in [1.82, 2.24) is 0 Å². The van der Waals surface area contributed by atoms with Gasteiger partial charge in [-0.2, -0.15) is 0 Å². The van der Waals surface area contributed by atoms with Gasteiger partial charge in [-0.1, -0.05) is 42.5 Å². The first-order valence-corrected chi connectivity index (χ1v) is 11.4. The van der Waals surface area contributed by atoms with Gasteiger partial charge >= 0.3 is 0 Å². The molecule has 3 nitrogen and oxygen atoms in total. The standard InChI is InChI=1S/C24H22N2OS/c27-28-14-19-7-8-22(10-21(19)15-28)26-12-18-6-5-17(9-20(18)13-26)24-11-16-3-1-2-4-23(16)25-24/h1-10,24-25H,11-15H2.